The fourth-order valence-corrected chi connectivity index (χ4v) is 9.05. The standard InChI is InChI=1S/C43H26S/c1-2-12-31-29(10-1)30-11-3-4-13-32(30)39-25-27(21-22-34(31)39)42-36-16-6-5-14-33(36)40-24-26(20-23-37(40)42)28-17-9-18-38-35-15-7-8-19-41(35)44-43(28)38/h1-25,42H. The average molecular weight is 575 g/mol. The Morgan fingerprint density at radius 2 is 0.955 bits per heavy atom. The Morgan fingerprint density at radius 1 is 0.364 bits per heavy atom. The molecule has 1 unspecified atom stereocenters. The molecule has 8 aromatic carbocycles. The van der Waals surface area contributed by atoms with E-state index in [2.05, 4.69) is 152 Å². The Bertz CT molecular complexity index is 2580. The number of benzene rings is 8. The first-order valence-corrected chi connectivity index (χ1v) is 16.1. The lowest BCUT2D eigenvalue weighted by atomic mass is 9.86. The lowest BCUT2D eigenvalue weighted by molar-refractivity contribution is 1.02. The van der Waals surface area contributed by atoms with Crippen molar-refractivity contribution in [1.29, 1.82) is 0 Å². The van der Waals surface area contributed by atoms with Gasteiger partial charge in [-0.25, -0.2) is 0 Å². The minimum absolute atomic E-state index is 0.199. The molecule has 1 aliphatic rings. The maximum Gasteiger partial charge on any atom is 0.0433 e. The molecule has 10 rings (SSSR count). The van der Waals surface area contributed by atoms with Crippen molar-refractivity contribution in [2.75, 3.05) is 0 Å². The van der Waals surface area contributed by atoms with Crippen molar-refractivity contribution < 1.29 is 0 Å². The van der Waals surface area contributed by atoms with Gasteiger partial charge in [0.2, 0.25) is 0 Å². The maximum absolute atomic E-state index is 2.46. The van der Waals surface area contributed by atoms with E-state index in [0.29, 0.717) is 0 Å². The third kappa shape index (κ3) is 3.33. The average Bonchev–Trinajstić information content (AvgIpc) is 3.64. The number of thiophene rings is 1. The van der Waals surface area contributed by atoms with Gasteiger partial charge in [-0.15, -0.1) is 11.3 Å². The summed E-state index contributed by atoms with van der Waals surface area (Å²) in [7, 11) is 0. The maximum atomic E-state index is 2.46. The van der Waals surface area contributed by atoms with Gasteiger partial charge >= 0.3 is 0 Å². The van der Waals surface area contributed by atoms with Crippen LogP contribution >= 0.6 is 11.3 Å². The summed E-state index contributed by atoms with van der Waals surface area (Å²) in [6.45, 7) is 0. The summed E-state index contributed by atoms with van der Waals surface area (Å²) >= 11 is 1.90. The van der Waals surface area contributed by atoms with Gasteiger partial charge in [-0.1, -0.05) is 133 Å². The summed E-state index contributed by atoms with van der Waals surface area (Å²) in [5.41, 5.74) is 9.44. The van der Waals surface area contributed by atoms with Gasteiger partial charge in [0.1, 0.15) is 0 Å². The second kappa shape index (κ2) is 9.13. The van der Waals surface area contributed by atoms with Gasteiger partial charge in [0, 0.05) is 26.1 Å². The van der Waals surface area contributed by atoms with E-state index in [9.17, 15) is 0 Å². The van der Waals surface area contributed by atoms with E-state index in [4.69, 9.17) is 0 Å². The van der Waals surface area contributed by atoms with Gasteiger partial charge in [-0.3, -0.25) is 0 Å². The highest BCUT2D eigenvalue weighted by Crippen LogP contribution is 2.51. The van der Waals surface area contributed by atoms with Gasteiger partial charge in [0.15, 0.2) is 0 Å². The summed E-state index contributed by atoms with van der Waals surface area (Å²) in [6.07, 6.45) is 0. The first kappa shape index (κ1) is 24.2. The summed E-state index contributed by atoms with van der Waals surface area (Å²) < 4.78 is 2.71. The summed E-state index contributed by atoms with van der Waals surface area (Å²) in [4.78, 5) is 0. The van der Waals surface area contributed by atoms with Crippen LogP contribution in [0.25, 0.3) is 74.7 Å². The summed E-state index contributed by atoms with van der Waals surface area (Å²) in [6, 6.07) is 56.6. The van der Waals surface area contributed by atoms with Crippen LogP contribution in [0.15, 0.2) is 152 Å². The molecule has 0 saturated heterocycles. The van der Waals surface area contributed by atoms with E-state index in [1.54, 1.807) is 0 Å². The normalized spacial score (nSPS) is 14.1. The molecule has 0 fully saturated rings. The molecule has 1 heterocycles. The molecule has 1 atom stereocenters. The Balaban J connectivity index is 1.19. The zero-order chi connectivity index (χ0) is 28.8. The van der Waals surface area contributed by atoms with Crippen molar-refractivity contribution in [3.05, 3.63) is 168 Å². The predicted octanol–water partition coefficient (Wildman–Crippen LogP) is 12.3. The van der Waals surface area contributed by atoms with Crippen molar-refractivity contribution in [3.8, 4) is 22.3 Å². The number of hydrogen-bond acceptors (Lipinski definition) is 1. The van der Waals surface area contributed by atoms with Crippen LogP contribution in [-0.4, -0.2) is 0 Å². The van der Waals surface area contributed by atoms with Crippen LogP contribution in [-0.2, 0) is 0 Å². The van der Waals surface area contributed by atoms with Crippen LogP contribution in [0.3, 0.4) is 0 Å². The molecule has 0 nitrogen and oxygen atoms in total. The Morgan fingerprint density at radius 3 is 1.75 bits per heavy atom. The highest BCUT2D eigenvalue weighted by molar-refractivity contribution is 7.26. The van der Waals surface area contributed by atoms with Crippen molar-refractivity contribution in [2.45, 2.75) is 5.92 Å². The molecule has 0 radical (unpaired) electrons. The molecule has 1 heteroatoms. The molecule has 204 valence electrons. The lowest BCUT2D eigenvalue weighted by Crippen LogP contribution is -1.99. The van der Waals surface area contributed by atoms with E-state index in [0.717, 1.165) is 0 Å². The smallest absolute Gasteiger partial charge is 0.0433 e. The molecule has 0 N–H and O–H groups in total. The molecule has 9 aromatic rings. The van der Waals surface area contributed by atoms with Gasteiger partial charge < -0.3 is 0 Å². The topological polar surface area (TPSA) is 0 Å². The zero-order valence-electron chi connectivity index (χ0n) is 23.9. The van der Waals surface area contributed by atoms with Crippen LogP contribution in [0.4, 0.5) is 0 Å². The third-order valence-corrected chi connectivity index (χ3v) is 11.0. The first-order valence-electron chi connectivity index (χ1n) is 15.3. The van der Waals surface area contributed by atoms with Crippen LogP contribution in [0.2, 0.25) is 0 Å². The lowest BCUT2D eigenvalue weighted by Gasteiger charge is -2.17. The summed E-state index contributed by atoms with van der Waals surface area (Å²) in [5, 5.41) is 10.6. The zero-order valence-corrected chi connectivity index (χ0v) is 24.7. The number of fused-ring (bicyclic) bond motifs is 12. The molecule has 44 heavy (non-hydrogen) atoms. The van der Waals surface area contributed by atoms with Crippen LogP contribution in [0.5, 0.6) is 0 Å². The monoisotopic (exact) mass is 574 g/mol. The Kier molecular flexibility index (Phi) is 5.03. The molecule has 0 bridgehead atoms. The fraction of sp³-hybridized carbons (Fsp3) is 0.0233. The van der Waals surface area contributed by atoms with Crippen molar-refractivity contribution in [3.63, 3.8) is 0 Å². The minimum atomic E-state index is 0.199. The second-order valence-corrected chi connectivity index (χ2v) is 13.1. The van der Waals surface area contributed by atoms with Gasteiger partial charge in [-0.2, -0.15) is 0 Å². The van der Waals surface area contributed by atoms with E-state index in [1.807, 2.05) is 11.3 Å². The molecule has 0 spiro atoms. The Hall–Kier alpha value is -5.24. The second-order valence-electron chi connectivity index (χ2n) is 12.0. The Labute approximate surface area is 259 Å². The van der Waals surface area contributed by atoms with Gasteiger partial charge in [0.05, 0.1) is 0 Å². The van der Waals surface area contributed by atoms with Crippen LogP contribution < -0.4 is 0 Å². The van der Waals surface area contributed by atoms with Crippen LogP contribution in [0, 0.1) is 0 Å². The fourth-order valence-electron chi connectivity index (χ4n) is 7.81. The molecular formula is C43H26S. The molecule has 1 aromatic heterocycles. The molecule has 0 aliphatic heterocycles. The van der Waals surface area contributed by atoms with Crippen molar-refractivity contribution >= 4 is 63.8 Å². The predicted molar refractivity (Wildman–Crippen MR) is 190 cm³/mol. The molecule has 1 aliphatic carbocycles. The molecule has 0 saturated carbocycles. The quantitative estimate of drug-likeness (QED) is 0.180. The largest absolute Gasteiger partial charge is 0.135 e. The van der Waals surface area contributed by atoms with Crippen LogP contribution in [0.1, 0.15) is 22.6 Å². The number of hydrogen-bond donors (Lipinski definition) is 0. The number of rotatable bonds is 2. The highest BCUT2D eigenvalue weighted by Gasteiger charge is 2.30. The van der Waals surface area contributed by atoms with Crippen molar-refractivity contribution in [2.24, 2.45) is 0 Å². The SMILES string of the molecule is c1ccc2c(c1)-c1cc(-c3cccc4c3sc3ccccc34)ccc1C2c1ccc2c3ccccc3c3ccccc3c2c1. The molecular weight excluding hydrogens is 549 g/mol. The highest BCUT2D eigenvalue weighted by atomic mass is 32.1. The minimum Gasteiger partial charge on any atom is -0.135 e. The first-order chi connectivity index (χ1) is 21.8. The summed E-state index contributed by atoms with van der Waals surface area (Å²) in [5.74, 6) is 0.199. The van der Waals surface area contributed by atoms with Gasteiger partial charge in [0.25, 0.3) is 0 Å². The van der Waals surface area contributed by atoms with E-state index < -0.39 is 0 Å². The van der Waals surface area contributed by atoms with E-state index >= 15 is 0 Å². The third-order valence-electron chi connectivity index (χ3n) is 9.74. The van der Waals surface area contributed by atoms with Gasteiger partial charge in [-0.05, 0) is 89.5 Å². The molecule has 0 amide bonds. The van der Waals surface area contributed by atoms with E-state index in [-0.39, 0.29) is 5.92 Å². The van der Waals surface area contributed by atoms with E-state index in [1.165, 1.54) is 91.4 Å². The van der Waals surface area contributed by atoms with Crippen molar-refractivity contribution in [1.82, 2.24) is 0 Å².